The molecule has 1 N–H and O–H groups in total. The van der Waals surface area contributed by atoms with Crippen molar-refractivity contribution in [2.75, 3.05) is 7.11 Å². The number of carboxylic acid groups (broad SMARTS) is 1. The molecule has 10 heteroatoms. The van der Waals surface area contributed by atoms with Gasteiger partial charge in [0.25, 0.3) is 0 Å². The van der Waals surface area contributed by atoms with Crippen molar-refractivity contribution in [1.29, 1.82) is 0 Å². The number of aryl methyl sites for hydroxylation is 1. The number of hydrogen-bond donors (Lipinski definition) is 1. The molecule has 1 aliphatic carbocycles. The number of methoxy groups -OCH3 is 1. The van der Waals surface area contributed by atoms with Crippen molar-refractivity contribution in [3.63, 3.8) is 0 Å². The van der Waals surface area contributed by atoms with Crippen molar-refractivity contribution in [2.24, 2.45) is 5.92 Å². The van der Waals surface area contributed by atoms with E-state index in [1.54, 1.807) is 20.1 Å². The van der Waals surface area contributed by atoms with E-state index in [1.807, 2.05) is 34.9 Å². The standard InChI is InChI=1S/C29H30Cl2N4O4/c1-17(28(36)37)5-4-6-18-7-9-21(22(31)13-18)25-34-24-26(32-16-33-27(24)39-29(2)11-12-29)35(25)15-19-14-20(30)8-10-23(19)38-3/h7-10,13-14,16-17H,4-6,11-12,15H2,1-3H3,(H,36,37)/t17-/m1/s1. The molecule has 5 rings (SSSR count). The van der Waals surface area contributed by atoms with E-state index in [0.29, 0.717) is 51.6 Å². The fourth-order valence-electron chi connectivity index (χ4n) is 4.53. The Labute approximate surface area is 236 Å². The molecule has 8 nitrogen and oxygen atoms in total. The number of aliphatic carboxylic acids is 1. The SMILES string of the molecule is COc1ccc(Cl)cc1Cn1c(-c2ccc(CCC[C@@H](C)C(=O)O)cc2Cl)nc2c(OC3(C)CC3)ncnc21. The summed E-state index contributed by atoms with van der Waals surface area (Å²) < 4.78 is 13.8. The minimum Gasteiger partial charge on any atom is -0.496 e. The summed E-state index contributed by atoms with van der Waals surface area (Å²) in [5, 5.41) is 10.3. The normalized spacial score (nSPS) is 14.8. The van der Waals surface area contributed by atoms with Gasteiger partial charge in [0, 0.05) is 16.1 Å². The van der Waals surface area contributed by atoms with Gasteiger partial charge in [-0.05, 0) is 74.9 Å². The average molecular weight is 569 g/mol. The van der Waals surface area contributed by atoms with Gasteiger partial charge in [-0.15, -0.1) is 0 Å². The van der Waals surface area contributed by atoms with E-state index < -0.39 is 5.97 Å². The van der Waals surface area contributed by atoms with Gasteiger partial charge < -0.3 is 19.1 Å². The summed E-state index contributed by atoms with van der Waals surface area (Å²) >= 11 is 13.2. The highest BCUT2D eigenvalue weighted by atomic mass is 35.5. The number of hydrogen-bond acceptors (Lipinski definition) is 6. The number of halogens is 2. The summed E-state index contributed by atoms with van der Waals surface area (Å²) in [5.74, 6) is 0.604. The Balaban J connectivity index is 1.55. The number of ether oxygens (including phenoxy) is 2. The van der Waals surface area contributed by atoms with Crippen LogP contribution >= 0.6 is 23.2 Å². The van der Waals surface area contributed by atoms with Crippen LogP contribution in [0.4, 0.5) is 0 Å². The lowest BCUT2D eigenvalue weighted by Crippen LogP contribution is -2.13. The topological polar surface area (TPSA) is 99.4 Å². The second kappa shape index (κ2) is 11.0. The van der Waals surface area contributed by atoms with Gasteiger partial charge in [0.1, 0.15) is 23.5 Å². The molecule has 0 radical (unpaired) electrons. The highest BCUT2D eigenvalue weighted by Gasteiger charge is 2.41. The third-order valence-electron chi connectivity index (χ3n) is 7.17. The van der Waals surface area contributed by atoms with E-state index >= 15 is 0 Å². The lowest BCUT2D eigenvalue weighted by Gasteiger charge is -2.14. The van der Waals surface area contributed by atoms with Gasteiger partial charge in [0.15, 0.2) is 11.2 Å². The molecule has 2 aromatic heterocycles. The van der Waals surface area contributed by atoms with Gasteiger partial charge in [0.2, 0.25) is 5.88 Å². The van der Waals surface area contributed by atoms with Crippen molar-refractivity contribution in [2.45, 2.75) is 58.1 Å². The number of benzene rings is 2. The first-order chi connectivity index (χ1) is 18.7. The van der Waals surface area contributed by atoms with Gasteiger partial charge in [-0.25, -0.2) is 9.97 Å². The number of imidazole rings is 1. The quantitative estimate of drug-likeness (QED) is 0.211. The Morgan fingerprint density at radius 3 is 2.67 bits per heavy atom. The smallest absolute Gasteiger partial charge is 0.306 e. The van der Waals surface area contributed by atoms with Gasteiger partial charge in [-0.1, -0.05) is 36.2 Å². The first-order valence-electron chi connectivity index (χ1n) is 12.9. The predicted octanol–water partition coefficient (Wildman–Crippen LogP) is 6.83. The number of fused-ring (bicyclic) bond motifs is 1. The maximum absolute atomic E-state index is 11.1. The average Bonchev–Trinajstić information content (AvgIpc) is 3.52. The molecule has 1 fully saturated rings. The minimum atomic E-state index is -0.777. The first-order valence-corrected chi connectivity index (χ1v) is 13.7. The van der Waals surface area contributed by atoms with Crippen LogP contribution in [0, 0.1) is 5.92 Å². The van der Waals surface area contributed by atoms with Crippen LogP contribution in [0.3, 0.4) is 0 Å². The summed E-state index contributed by atoms with van der Waals surface area (Å²) in [5.41, 5.74) is 3.57. The van der Waals surface area contributed by atoms with Gasteiger partial charge in [-0.2, -0.15) is 4.98 Å². The predicted molar refractivity (Wildman–Crippen MR) is 151 cm³/mol. The van der Waals surface area contributed by atoms with E-state index in [2.05, 4.69) is 16.9 Å². The molecule has 2 heterocycles. The van der Waals surface area contributed by atoms with Crippen molar-refractivity contribution in [3.05, 3.63) is 63.9 Å². The van der Waals surface area contributed by atoms with Crippen LogP contribution in [0.1, 0.15) is 50.7 Å². The lowest BCUT2D eigenvalue weighted by molar-refractivity contribution is -0.141. The third kappa shape index (κ3) is 5.97. The van der Waals surface area contributed by atoms with Gasteiger partial charge in [0.05, 0.1) is 24.6 Å². The molecule has 1 atom stereocenters. The molecule has 4 aromatic rings. The molecular formula is C29H30Cl2N4O4. The Kier molecular flexibility index (Phi) is 7.69. The molecule has 0 bridgehead atoms. The number of carboxylic acids is 1. The number of carbonyl (C=O) groups is 1. The number of rotatable bonds is 11. The van der Waals surface area contributed by atoms with Crippen LogP contribution < -0.4 is 9.47 Å². The van der Waals surface area contributed by atoms with Crippen LogP contribution in [-0.2, 0) is 17.8 Å². The molecule has 204 valence electrons. The zero-order valence-electron chi connectivity index (χ0n) is 22.1. The summed E-state index contributed by atoms with van der Waals surface area (Å²) in [6, 6.07) is 11.4. The van der Waals surface area contributed by atoms with Crippen LogP contribution in [0.15, 0.2) is 42.7 Å². The summed E-state index contributed by atoms with van der Waals surface area (Å²) in [4.78, 5) is 25.1. The highest BCUT2D eigenvalue weighted by molar-refractivity contribution is 6.33. The van der Waals surface area contributed by atoms with Crippen LogP contribution in [0.25, 0.3) is 22.6 Å². The second-order valence-corrected chi connectivity index (χ2v) is 11.2. The Bertz CT molecular complexity index is 1530. The highest BCUT2D eigenvalue weighted by Crippen LogP contribution is 2.41. The molecule has 0 saturated heterocycles. The van der Waals surface area contributed by atoms with Gasteiger partial charge >= 0.3 is 5.97 Å². The van der Waals surface area contributed by atoms with Crippen molar-refractivity contribution in [3.8, 4) is 23.0 Å². The van der Waals surface area contributed by atoms with E-state index in [4.69, 9.17) is 42.8 Å². The molecular weight excluding hydrogens is 539 g/mol. The van der Waals surface area contributed by atoms with E-state index in [-0.39, 0.29) is 11.5 Å². The monoisotopic (exact) mass is 568 g/mol. The molecule has 1 saturated carbocycles. The number of aromatic nitrogens is 4. The zero-order chi connectivity index (χ0) is 27.7. The first kappa shape index (κ1) is 27.2. The molecule has 2 aromatic carbocycles. The van der Waals surface area contributed by atoms with Gasteiger partial charge in [-0.3, -0.25) is 4.79 Å². The molecule has 0 aliphatic heterocycles. The largest absolute Gasteiger partial charge is 0.496 e. The summed E-state index contributed by atoms with van der Waals surface area (Å²) in [7, 11) is 1.62. The minimum absolute atomic E-state index is 0.237. The molecule has 39 heavy (non-hydrogen) atoms. The fourth-order valence-corrected chi connectivity index (χ4v) is 5.01. The van der Waals surface area contributed by atoms with E-state index in [1.165, 1.54) is 6.33 Å². The number of nitrogens with zero attached hydrogens (tertiary/aromatic N) is 4. The zero-order valence-corrected chi connectivity index (χ0v) is 23.6. The molecule has 1 aliphatic rings. The summed E-state index contributed by atoms with van der Waals surface area (Å²) in [6.07, 6.45) is 5.51. The van der Waals surface area contributed by atoms with E-state index in [0.717, 1.165) is 42.4 Å². The van der Waals surface area contributed by atoms with E-state index in [9.17, 15) is 4.79 Å². The molecule has 0 amide bonds. The maximum Gasteiger partial charge on any atom is 0.306 e. The van der Waals surface area contributed by atoms with Crippen LogP contribution in [-0.4, -0.2) is 43.3 Å². The molecule has 0 spiro atoms. The summed E-state index contributed by atoms with van der Waals surface area (Å²) in [6.45, 7) is 4.17. The van der Waals surface area contributed by atoms with Crippen LogP contribution in [0.5, 0.6) is 11.6 Å². The third-order valence-corrected chi connectivity index (χ3v) is 7.71. The van der Waals surface area contributed by atoms with Crippen LogP contribution in [0.2, 0.25) is 10.0 Å². The van der Waals surface area contributed by atoms with Crippen molar-refractivity contribution in [1.82, 2.24) is 19.5 Å². The maximum atomic E-state index is 11.1. The fraction of sp³-hybridized carbons (Fsp3) is 0.379. The second-order valence-electron chi connectivity index (χ2n) is 10.3. The Hall–Kier alpha value is -3.36. The lowest BCUT2D eigenvalue weighted by atomic mass is 10.0. The van der Waals surface area contributed by atoms with Crippen molar-refractivity contribution < 1.29 is 19.4 Å². The molecule has 0 unspecified atom stereocenters. The van der Waals surface area contributed by atoms with Crippen molar-refractivity contribution >= 4 is 40.3 Å². The Morgan fingerprint density at radius 2 is 1.97 bits per heavy atom. The Morgan fingerprint density at radius 1 is 1.18 bits per heavy atom.